The van der Waals surface area contributed by atoms with Crippen molar-refractivity contribution in [3.63, 3.8) is 0 Å². The summed E-state index contributed by atoms with van der Waals surface area (Å²) in [6.07, 6.45) is 0. The standard InChI is InChI=1S/C12H19N3O2/c1-7(2)11(6-16)13-12(17)10-5-8(3)14-15-9(10)4/h5,7,11,16H,6H2,1-4H3,(H,13,17). The largest absolute Gasteiger partial charge is 0.394 e. The quantitative estimate of drug-likeness (QED) is 0.813. The van der Waals surface area contributed by atoms with Gasteiger partial charge in [-0.3, -0.25) is 4.79 Å². The van der Waals surface area contributed by atoms with Crippen molar-refractivity contribution >= 4 is 5.91 Å². The van der Waals surface area contributed by atoms with Crippen LogP contribution in [0.2, 0.25) is 0 Å². The fraction of sp³-hybridized carbons (Fsp3) is 0.583. The van der Waals surface area contributed by atoms with Gasteiger partial charge in [-0.15, -0.1) is 0 Å². The molecule has 0 aliphatic carbocycles. The number of hydrogen-bond acceptors (Lipinski definition) is 4. The van der Waals surface area contributed by atoms with Gasteiger partial charge in [-0.1, -0.05) is 13.8 Å². The third kappa shape index (κ3) is 3.49. The third-order valence-corrected chi connectivity index (χ3v) is 2.66. The molecule has 0 spiro atoms. The average molecular weight is 237 g/mol. The van der Waals surface area contributed by atoms with Gasteiger partial charge in [-0.2, -0.15) is 10.2 Å². The zero-order valence-corrected chi connectivity index (χ0v) is 10.7. The normalized spacial score (nSPS) is 12.6. The van der Waals surface area contributed by atoms with Gasteiger partial charge in [0.1, 0.15) is 0 Å². The van der Waals surface area contributed by atoms with Crippen LogP contribution in [0.25, 0.3) is 0 Å². The Morgan fingerprint density at radius 2 is 2.06 bits per heavy atom. The second-order valence-electron chi connectivity index (χ2n) is 4.49. The van der Waals surface area contributed by atoms with E-state index >= 15 is 0 Å². The lowest BCUT2D eigenvalue weighted by Crippen LogP contribution is -2.41. The minimum absolute atomic E-state index is 0.0695. The SMILES string of the molecule is Cc1cc(C(=O)NC(CO)C(C)C)c(C)nn1. The van der Waals surface area contributed by atoms with Crippen LogP contribution >= 0.6 is 0 Å². The van der Waals surface area contributed by atoms with Crippen molar-refractivity contribution < 1.29 is 9.90 Å². The first kappa shape index (κ1) is 13.6. The summed E-state index contributed by atoms with van der Waals surface area (Å²) in [5, 5.41) is 19.7. The van der Waals surface area contributed by atoms with Crippen LogP contribution < -0.4 is 5.32 Å². The molecule has 0 saturated heterocycles. The molecular weight excluding hydrogens is 218 g/mol. The molecule has 1 heterocycles. The molecule has 17 heavy (non-hydrogen) atoms. The van der Waals surface area contributed by atoms with Crippen LogP contribution in [0.4, 0.5) is 0 Å². The highest BCUT2D eigenvalue weighted by atomic mass is 16.3. The number of aryl methyl sites for hydroxylation is 2. The van der Waals surface area contributed by atoms with Crippen LogP contribution in [-0.4, -0.2) is 33.9 Å². The summed E-state index contributed by atoms with van der Waals surface area (Å²) in [6.45, 7) is 7.36. The molecule has 5 nitrogen and oxygen atoms in total. The van der Waals surface area contributed by atoms with E-state index in [1.165, 1.54) is 0 Å². The third-order valence-electron chi connectivity index (χ3n) is 2.66. The Bertz CT molecular complexity index is 405. The number of carbonyl (C=O) groups excluding carboxylic acids is 1. The molecule has 1 atom stereocenters. The molecule has 0 aliphatic heterocycles. The Hall–Kier alpha value is -1.49. The van der Waals surface area contributed by atoms with Crippen molar-refractivity contribution in [2.24, 2.45) is 5.92 Å². The van der Waals surface area contributed by atoms with Gasteiger partial charge in [0.05, 0.1) is 29.6 Å². The molecule has 0 bridgehead atoms. The van der Waals surface area contributed by atoms with Crippen LogP contribution in [-0.2, 0) is 0 Å². The Labute approximate surface area is 101 Å². The molecule has 1 aromatic rings. The van der Waals surface area contributed by atoms with Gasteiger partial charge < -0.3 is 10.4 Å². The molecule has 1 unspecified atom stereocenters. The first-order valence-corrected chi connectivity index (χ1v) is 5.68. The van der Waals surface area contributed by atoms with Crippen molar-refractivity contribution in [2.45, 2.75) is 33.7 Å². The maximum atomic E-state index is 12.0. The number of carbonyl (C=O) groups is 1. The van der Waals surface area contributed by atoms with Gasteiger partial charge in [0.15, 0.2) is 0 Å². The predicted molar refractivity (Wildman–Crippen MR) is 64.7 cm³/mol. The summed E-state index contributed by atoms with van der Waals surface area (Å²) in [5.74, 6) is -0.0339. The van der Waals surface area contributed by atoms with Crippen LogP contribution in [0.15, 0.2) is 6.07 Å². The number of nitrogens with zero attached hydrogens (tertiary/aromatic N) is 2. The van der Waals surface area contributed by atoms with E-state index in [9.17, 15) is 9.90 Å². The second kappa shape index (κ2) is 5.72. The highest BCUT2D eigenvalue weighted by Crippen LogP contribution is 2.07. The second-order valence-corrected chi connectivity index (χ2v) is 4.49. The lowest BCUT2D eigenvalue weighted by atomic mass is 10.0. The zero-order valence-electron chi connectivity index (χ0n) is 10.7. The van der Waals surface area contributed by atoms with Crippen LogP contribution in [0.1, 0.15) is 35.6 Å². The summed E-state index contributed by atoms with van der Waals surface area (Å²) in [4.78, 5) is 12.0. The molecule has 0 saturated carbocycles. The summed E-state index contributed by atoms with van der Waals surface area (Å²) in [6, 6.07) is 1.46. The molecule has 5 heteroatoms. The number of aliphatic hydroxyl groups excluding tert-OH is 1. The van der Waals surface area contributed by atoms with Gasteiger partial charge in [0, 0.05) is 0 Å². The van der Waals surface area contributed by atoms with Crippen molar-refractivity contribution in [2.75, 3.05) is 6.61 Å². The van der Waals surface area contributed by atoms with E-state index in [0.717, 1.165) is 0 Å². The molecule has 0 fully saturated rings. The maximum absolute atomic E-state index is 12.0. The number of aromatic nitrogens is 2. The van der Waals surface area contributed by atoms with Gasteiger partial charge in [0.2, 0.25) is 0 Å². The smallest absolute Gasteiger partial charge is 0.253 e. The first-order valence-electron chi connectivity index (χ1n) is 5.68. The van der Waals surface area contributed by atoms with Crippen molar-refractivity contribution in [1.82, 2.24) is 15.5 Å². The van der Waals surface area contributed by atoms with Crippen molar-refractivity contribution in [1.29, 1.82) is 0 Å². The van der Waals surface area contributed by atoms with Crippen LogP contribution in [0.5, 0.6) is 0 Å². The van der Waals surface area contributed by atoms with Crippen LogP contribution in [0, 0.1) is 19.8 Å². The van der Waals surface area contributed by atoms with Gasteiger partial charge in [0.25, 0.3) is 5.91 Å². The lowest BCUT2D eigenvalue weighted by Gasteiger charge is -2.20. The molecule has 0 aromatic carbocycles. The monoisotopic (exact) mass is 237 g/mol. The van der Waals surface area contributed by atoms with Crippen molar-refractivity contribution in [3.05, 3.63) is 23.0 Å². The van der Waals surface area contributed by atoms with E-state index < -0.39 is 0 Å². The Balaban J connectivity index is 2.86. The predicted octanol–water partition coefficient (Wildman–Crippen LogP) is 0.840. The average Bonchev–Trinajstić information content (AvgIpc) is 2.28. The summed E-state index contributed by atoms with van der Waals surface area (Å²) >= 11 is 0. The van der Waals surface area contributed by atoms with E-state index in [1.807, 2.05) is 13.8 Å². The van der Waals surface area contributed by atoms with Crippen molar-refractivity contribution in [3.8, 4) is 0 Å². The minimum Gasteiger partial charge on any atom is -0.394 e. The van der Waals surface area contributed by atoms with E-state index in [1.54, 1.807) is 19.9 Å². The minimum atomic E-state index is -0.240. The van der Waals surface area contributed by atoms with Gasteiger partial charge in [-0.05, 0) is 25.8 Å². The molecular formula is C12H19N3O2. The summed E-state index contributed by atoms with van der Waals surface area (Å²) < 4.78 is 0. The number of amides is 1. The fourth-order valence-corrected chi connectivity index (χ4v) is 1.45. The van der Waals surface area contributed by atoms with E-state index in [-0.39, 0.29) is 24.5 Å². The lowest BCUT2D eigenvalue weighted by molar-refractivity contribution is 0.0895. The molecule has 0 radical (unpaired) electrons. The molecule has 0 aliphatic rings. The number of nitrogens with one attached hydrogen (secondary N) is 1. The fourth-order valence-electron chi connectivity index (χ4n) is 1.45. The Morgan fingerprint density at radius 1 is 1.41 bits per heavy atom. The Kier molecular flexibility index (Phi) is 4.57. The highest BCUT2D eigenvalue weighted by Gasteiger charge is 2.18. The highest BCUT2D eigenvalue weighted by molar-refractivity contribution is 5.95. The first-order chi connectivity index (χ1) is 7.95. The molecule has 1 aromatic heterocycles. The maximum Gasteiger partial charge on any atom is 0.253 e. The van der Waals surface area contributed by atoms with Gasteiger partial charge >= 0.3 is 0 Å². The van der Waals surface area contributed by atoms with E-state index in [2.05, 4.69) is 15.5 Å². The Morgan fingerprint density at radius 3 is 2.59 bits per heavy atom. The topological polar surface area (TPSA) is 75.1 Å². The van der Waals surface area contributed by atoms with E-state index in [4.69, 9.17) is 0 Å². The molecule has 1 amide bonds. The molecule has 94 valence electrons. The summed E-state index contributed by atoms with van der Waals surface area (Å²) in [5.41, 5.74) is 1.80. The number of hydrogen-bond donors (Lipinski definition) is 2. The number of aliphatic hydroxyl groups is 1. The number of rotatable bonds is 4. The zero-order chi connectivity index (χ0) is 13.0. The van der Waals surface area contributed by atoms with Crippen LogP contribution in [0.3, 0.4) is 0 Å². The molecule has 1 rings (SSSR count). The summed E-state index contributed by atoms with van der Waals surface area (Å²) in [7, 11) is 0. The van der Waals surface area contributed by atoms with Gasteiger partial charge in [-0.25, -0.2) is 0 Å². The molecule has 2 N–H and O–H groups in total. The van der Waals surface area contributed by atoms with E-state index in [0.29, 0.717) is 17.0 Å².